The quantitative estimate of drug-likeness (QED) is 0.768. The van der Waals surface area contributed by atoms with Crippen LogP contribution in [0.1, 0.15) is 25.3 Å². The Bertz CT molecular complexity index is 761. The molecule has 3 heteroatoms. The first kappa shape index (κ1) is 13.6. The number of aromatic nitrogens is 2. The second kappa shape index (κ2) is 5.52. The van der Waals surface area contributed by atoms with Gasteiger partial charge in [0.1, 0.15) is 5.69 Å². The molecule has 0 saturated carbocycles. The van der Waals surface area contributed by atoms with E-state index >= 15 is 0 Å². The smallest absolute Gasteiger partial charge is 0.156 e. The van der Waals surface area contributed by atoms with Crippen molar-refractivity contribution < 1.29 is 0 Å². The Morgan fingerprint density at radius 3 is 2.14 bits per heavy atom. The number of benzene rings is 2. The fraction of sp³-hybridized carbons (Fsp3) is 0.222. The lowest BCUT2D eigenvalue weighted by Crippen LogP contribution is -1.98. The number of hydrogen-bond donors (Lipinski definition) is 1. The molecule has 2 aromatic carbocycles. The van der Waals surface area contributed by atoms with Gasteiger partial charge in [0.15, 0.2) is 5.82 Å². The molecule has 0 fully saturated rings. The Morgan fingerprint density at radius 1 is 0.857 bits per heavy atom. The van der Waals surface area contributed by atoms with Crippen LogP contribution in [-0.4, -0.2) is 17.2 Å². The number of nitrogens with one attached hydrogen (secondary N) is 1. The highest BCUT2D eigenvalue weighted by Gasteiger charge is 2.10. The van der Waals surface area contributed by atoms with E-state index in [1.807, 2.05) is 19.2 Å². The lowest BCUT2D eigenvalue weighted by molar-refractivity contribution is 0.867. The first-order valence-electron chi connectivity index (χ1n) is 7.24. The Kier molecular flexibility index (Phi) is 3.57. The van der Waals surface area contributed by atoms with E-state index in [2.05, 4.69) is 65.8 Å². The molecule has 0 radical (unpaired) electrons. The number of rotatable bonds is 3. The SMILES string of the molecule is CNc1nnc(-c2ccc(C(C)C)cc2)c2ccccc12. The number of nitrogens with zero attached hydrogens (tertiary/aromatic N) is 2. The second-order valence-electron chi connectivity index (χ2n) is 5.47. The zero-order chi connectivity index (χ0) is 14.8. The van der Waals surface area contributed by atoms with Gasteiger partial charge in [-0.25, -0.2) is 0 Å². The van der Waals surface area contributed by atoms with Gasteiger partial charge in [0.25, 0.3) is 0 Å². The maximum absolute atomic E-state index is 4.41. The summed E-state index contributed by atoms with van der Waals surface area (Å²) in [4.78, 5) is 0. The van der Waals surface area contributed by atoms with Crippen LogP contribution in [0.4, 0.5) is 5.82 Å². The molecule has 0 amide bonds. The van der Waals surface area contributed by atoms with E-state index in [1.54, 1.807) is 0 Å². The van der Waals surface area contributed by atoms with Crippen LogP contribution in [0.25, 0.3) is 22.0 Å². The fourth-order valence-corrected chi connectivity index (χ4v) is 2.53. The zero-order valence-electron chi connectivity index (χ0n) is 12.6. The summed E-state index contributed by atoms with van der Waals surface area (Å²) in [6.45, 7) is 4.40. The molecule has 21 heavy (non-hydrogen) atoms. The summed E-state index contributed by atoms with van der Waals surface area (Å²) in [5, 5.41) is 14.0. The molecule has 0 spiro atoms. The molecule has 1 aromatic heterocycles. The minimum atomic E-state index is 0.536. The van der Waals surface area contributed by atoms with Crippen LogP contribution in [-0.2, 0) is 0 Å². The van der Waals surface area contributed by atoms with Crippen molar-refractivity contribution in [2.75, 3.05) is 12.4 Å². The van der Waals surface area contributed by atoms with Gasteiger partial charge in [0.2, 0.25) is 0 Å². The first-order chi connectivity index (χ1) is 10.2. The zero-order valence-corrected chi connectivity index (χ0v) is 12.6. The summed E-state index contributed by atoms with van der Waals surface area (Å²) in [5.41, 5.74) is 3.37. The normalized spacial score (nSPS) is 11.0. The third kappa shape index (κ3) is 2.47. The van der Waals surface area contributed by atoms with Gasteiger partial charge in [-0.15, -0.1) is 10.2 Å². The van der Waals surface area contributed by atoms with E-state index in [1.165, 1.54) is 5.56 Å². The van der Waals surface area contributed by atoms with Crippen molar-refractivity contribution in [3.8, 4) is 11.3 Å². The second-order valence-corrected chi connectivity index (χ2v) is 5.47. The average molecular weight is 277 g/mol. The molecule has 3 aromatic rings. The number of fused-ring (bicyclic) bond motifs is 1. The molecule has 0 aliphatic carbocycles. The van der Waals surface area contributed by atoms with E-state index in [9.17, 15) is 0 Å². The van der Waals surface area contributed by atoms with Crippen molar-refractivity contribution in [1.29, 1.82) is 0 Å². The van der Waals surface area contributed by atoms with Gasteiger partial charge in [-0.1, -0.05) is 62.4 Å². The van der Waals surface area contributed by atoms with Crippen LogP contribution >= 0.6 is 0 Å². The number of anilines is 1. The Balaban J connectivity index is 2.16. The van der Waals surface area contributed by atoms with E-state index in [0.717, 1.165) is 27.8 Å². The van der Waals surface area contributed by atoms with Crippen LogP contribution in [0.2, 0.25) is 0 Å². The van der Waals surface area contributed by atoms with Crippen molar-refractivity contribution in [1.82, 2.24) is 10.2 Å². The molecule has 1 heterocycles. The minimum Gasteiger partial charge on any atom is -0.371 e. The van der Waals surface area contributed by atoms with Gasteiger partial charge >= 0.3 is 0 Å². The lowest BCUT2D eigenvalue weighted by Gasteiger charge is -2.10. The number of hydrogen-bond acceptors (Lipinski definition) is 3. The molecular weight excluding hydrogens is 258 g/mol. The highest BCUT2D eigenvalue weighted by atomic mass is 15.2. The fourth-order valence-electron chi connectivity index (χ4n) is 2.53. The van der Waals surface area contributed by atoms with Crippen molar-refractivity contribution in [3.05, 3.63) is 54.1 Å². The molecule has 0 aliphatic rings. The van der Waals surface area contributed by atoms with Crippen molar-refractivity contribution >= 4 is 16.6 Å². The molecule has 0 saturated heterocycles. The van der Waals surface area contributed by atoms with Crippen LogP contribution in [0, 0.1) is 0 Å². The molecular formula is C18H19N3. The van der Waals surface area contributed by atoms with Gasteiger partial charge in [-0.05, 0) is 11.5 Å². The standard InChI is InChI=1S/C18H19N3/c1-12(2)13-8-10-14(11-9-13)17-15-6-4-5-7-16(15)18(19-3)21-20-17/h4-12H,1-3H3,(H,19,21). The maximum Gasteiger partial charge on any atom is 0.156 e. The maximum atomic E-state index is 4.41. The monoisotopic (exact) mass is 277 g/mol. The predicted octanol–water partition coefficient (Wildman–Crippen LogP) is 4.46. The van der Waals surface area contributed by atoms with E-state index in [-0.39, 0.29) is 0 Å². The Hall–Kier alpha value is -2.42. The topological polar surface area (TPSA) is 37.8 Å². The lowest BCUT2D eigenvalue weighted by atomic mass is 9.99. The average Bonchev–Trinajstić information content (AvgIpc) is 2.54. The highest BCUT2D eigenvalue weighted by Crippen LogP contribution is 2.30. The van der Waals surface area contributed by atoms with Gasteiger partial charge in [-0.2, -0.15) is 0 Å². The molecule has 0 unspecified atom stereocenters. The summed E-state index contributed by atoms with van der Waals surface area (Å²) in [6, 6.07) is 16.8. The van der Waals surface area contributed by atoms with Crippen molar-refractivity contribution in [3.63, 3.8) is 0 Å². The van der Waals surface area contributed by atoms with Crippen LogP contribution < -0.4 is 5.32 Å². The van der Waals surface area contributed by atoms with Gasteiger partial charge in [0.05, 0.1) is 0 Å². The Morgan fingerprint density at radius 2 is 1.52 bits per heavy atom. The summed E-state index contributed by atoms with van der Waals surface area (Å²) >= 11 is 0. The minimum absolute atomic E-state index is 0.536. The van der Waals surface area contributed by atoms with E-state index < -0.39 is 0 Å². The van der Waals surface area contributed by atoms with Crippen LogP contribution in [0.3, 0.4) is 0 Å². The molecule has 3 nitrogen and oxygen atoms in total. The highest BCUT2D eigenvalue weighted by molar-refractivity contribution is 5.99. The van der Waals surface area contributed by atoms with Gasteiger partial charge < -0.3 is 5.32 Å². The largest absolute Gasteiger partial charge is 0.371 e. The third-order valence-electron chi connectivity index (χ3n) is 3.77. The molecule has 0 bridgehead atoms. The van der Waals surface area contributed by atoms with E-state index in [4.69, 9.17) is 0 Å². The molecule has 0 atom stereocenters. The van der Waals surface area contributed by atoms with Gasteiger partial charge in [-0.3, -0.25) is 0 Å². The summed E-state index contributed by atoms with van der Waals surface area (Å²) in [7, 11) is 1.87. The molecule has 1 N–H and O–H groups in total. The molecule has 106 valence electrons. The summed E-state index contributed by atoms with van der Waals surface area (Å²) in [5.74, 6) is 1.35. The van der Waals surface area contributed by atoms with Crippen LogP contribution in [0.15, 0.2) is 48.5 Å². The van der Waals surface area contributed by atoms with Crippen LogP contribution in [0.5, 0.6) is 0 Å². The van der Waals surface area contributed by atoms with E-state index in [0.29, 0.717) is 5.92 Å². The van der Waals surface area contributed by atoms with Crippen molar-refractivity contribution in [2.45, 2.75) is 19.8 Å². The van der Waals surface area contributed by atoms with Gasteiger partial charge in [0, 0.05) is 23.4 Å². The molecule has 0 aliphatic heterocycles. The molecule has 3 rings (SSSR count). The third-order valence-corrected chi connectivity index (χ3v) is 3.77. The first-order valence-corrected chi connectivity index (χ1v) is 7.24. The summed E-state index contributed by atoms with van der Waals surface area (Å²) in [6.07, 6.45) is 0. The predicted molar refractivity (Wildman–Crippen MR) is 88.6 cm³/mol. The summed E-state index contributed by atoms with van der Waals surface area (Å²) < 4.78 is 0. The Labute approximate surface area is 125 Å². The van der Waals surface area contributed by atoms with Crippen molar-refractivity contribution in [2.24, 2.45) is 0 Å².